The lowest BCUT2D eigenvalue weighted by Gasteiger charge is -2.50. The summed E-state index contributed by atoms with van der Waals surface area (Å²) in [5.41, 5.74) is 1.35. The van der Waals surface area contributed by atoms with Gasteiger partial charge in [0.25, 0.3) is 35.4 Å². The molecule has 0 aliphatic carbocycles. The molecule has 30 nitrogen and oxygen atoms in total. The van der Waals surface area contributed by atoms with Crippen molar-refractivity contribution in [1.82, 2.24) is 92.2 Å². The van der Waals surface area contributed by atoms with Crippen molar-refractivity contribution in [3.63, 3.8) is 0 Å². The quantitative estimate of drug-likeness (QED) is 0.0207. The molecule has 0 saturated heterocycles. The number of aryl methyl sites for hydroxylation is 6. The van der Waals surface area contributed by atoms with Crippen molar-refractivity contribution in [2.45, 2.75) is 414 Å². The number of rotatable bonds is 42. The highest BCUT2D eigenvalue weighted by Gasteiger charge is 2.50. The van der Waals surface area contributed by atoms with E-state index in [2.05, 4.69) is 315 Å². The molecule has 6 N–H and O–H groups in total. The van der Waals surface area contributed by atoms with E-state index in [0.717, 1.165) is 168 Å². The van der Waals surface area contributed by atoms with E-state index in [4.69, 9.17) is 27.1 Å². The summed E-state index contributed by atoms with van der Waals surface area (Å²) in [5.74, 6) is 3.40. The molecule has 0 saturated carbocycles. The number of nitrogens with zero attached hydrogens (tertiary/aromatic N) is 12. The first-order valence-electron chi connectivity index (χ1n) is 47.4. The highest BCUT2D eigenvalue weighted by atomic mass is 16.5. The summed E-state index contributed by atoms with van der Waals surface area (Å²) in [5, 5.41) is 42.1. The highest BCUT2D eigenvalue weighted by molar-refractivity contribution is 5.96. The minimum absolute atomic E-state index is 0.135. The average Bonchev–Trinajstić information content (AvgIpc) is 1.77. The number of carbonyl (C=O) groups is 6. The van der Waals surface area contributed by atoms with E-state index < -0.39 is 33.2 Å². The maximum atomic E-state index is 12.7. The zero-order valence-electron chi connectivity index (χ0n) is 89.2. The van der Waals surface area contributed by atoms with Crippen molar-refractivity contribution >= 4 is 35.4 Å². The molecule has 6 amide bonds. The van der Waals surface area contributed by atoms with Gasteiger partial charge in [-0.25, -0.2) is 0 Å². The third-order valence-electron chi connectivity index (χ3n) is 30.1. The third-order valence-corrected chi connectivity index (χ3v) is 30.1. The first-order valence-corrected chi connectivity index (χ1v) is 47.4. The molecule has 6 aromatic rings. The van der Waals surface area contributed by atoms with Gasteiger partial charge in [0.15, 0.2) is 34.2 Å². The Morgan fingerprint density at radius 1 is 0.271 bits per heavy atom. The van der Waals surface area contributed by atoms with Crippen LogP contribution in [-0.2, 0) is 38.5 Å². The molecule has 0 bridgehead atoms. The van der Waals surface area contributed by atoms with Crippen LogP contribution in [0.5, 0.6) is 0 Å². The molecule has 4 atom stereocenters. The summed E-state index contributed by atoms with van der Waals surface area (Å²) in [4.78, 5) is 88.7. The Labute approximate surface area is 778 Å². The second-order valence-corrected chi connectivity index (χ2v) is 39.4. The van der Waals surface area contributed by atoms with Gasteiger partial charge in [-0.05, 0) is 266 Å². The van der Waals surface area contributed by atoms with Crippen LogP contribution in [0.25, 0.3) is 0 Å². The Balaban J connectivity index is 0.000000774. The SMILES string of the molecule is CCCC(C)(N(C)CC)C(C)(C)NC(=O)c1cc(CC)on1.CCCC(C)(N(C)CC)C(C)(C)NC(=O)c1noc(CC)c1C.CCc1cc(C(=O)NC(C)(C)C(C)(C)N(C)CC)no1.CCc1cc(C(=O)NC(C)(C)C(C)(CC)N(C)CC)no1.CCc1onc(C(=O)NC(C)(C)C(C)(C)N(C)CC)c1C.CCc1onc(C(=O)NC(C)(C)C(C)(CC)N(C)CC)c1C. The maximum absolute atomic E-state index is 12.7. The average molecular weight is 1810 g/mol. The molecule has 4 unspecified atom stereocenters. The lowest BCUT2D eigenvalue weighted by Crippen LogP contribution is -2.66. The predicted molar refractivity (Wildman–Crippen MR) is 521 cm³/mol. The summed E-state index contributed by atoms with van der Waals surface area (Å²) in [6.45, 7) is 86.4. The normalized spacial score (nSPS) is 14.3. The third kappa shape index (κ3) is 28.9. The van der Waals surface area contributed by atoms with E-state index in [0.29, 0.717) is 34.2 Å². The van der Waals surface area contributed by atoms with E-state index in [1.54, 1.807) is 18.2 Å². The number of hydrogen-bond acceptors (Lipinski definition) is 24. The number of amides is 6. The maximum Gasteiger partial charge on any atom is 0.274 e. The lowest BCUT2D eigenvalue weighted by molar-refractivity contribution is 0.0365. The fourth-order valence-corrected chi connectivity index (χ4v) is 15.9. The topological polar surface area (TPSA) is 350 Å². The van der Waals surface area contributed by atoms with E-state index in [1.165, 1.54) is 0 Å². The van der Waals surface area contributed by atoms with Crippen LogP contribution in [0, 0.1) is 20.8 Å². The summed E-state index contributed by atoms with van der Waals surface area (Å²) in [7, 11) is 12.5. The molecule has 0 fully saturated rings. The van der Waals surface area contributed by atoms with Gasteiger partial charge in [-0.1, -0.05) is 155 Å². The zero-order chi connectivity index (χ0) is 100. The van der Waals surface area contributed by atoms with Gasteiger partial charge in [-0.2, -0.15) is 0 Å². The van der Waals surface area contributed by atoms with Crippen molar-refractivity contribution < 1.29 is 55.9 Å². The van der Waals surface area contributed by atoms with E-state index in [-0.39, 0.29) is 68.7 Å². The molecule has 129 heavy (non-hydrogen) atoms. The number of aromatic nitrogens is 6. The Morgan fingerprint density at radius 2 is 0.473 bits per heavy atom. The number of hydrogen-bond donors (Lipinski definition) is 6. The molecule has 0 aromatic carbocycles. The van der Waals surface area contributed by atoms with Gasteiger partial charge in [0, 0.05) is 107 Å². The molecular formula is C99H180N18O12. The van der Waals surface area contributed by atoms with Crippen molar-refractivity contribution in [1.29, 1.82) is 0 Å². The Morgan fingerprint density at radius 3 is 0.659 bits per heavy atom. The van der Waals surface area contributed by atoms with Crippen LogP contribution in [0.2, 0.25) is 0 Å². The second-order valence-electron chi connectivity index (χ2n) is 39.4. The van der Waals surface area contributed by atoms with E-state index in [1.807, 2.05) is 90.0 Å². The molecule has 0 aliphatic rings. The van der Waals surface area contributed by atoms with Crippen molar-refractivity contribution in [3.8, 4) is 0 Å². The van der Waals surface area contributed by atoms with E-state index >= 15 is 0 Å². The minimum atomic E-state index is -0.410. The second kappa shape index (κ2) is 50.1. The summed E-state index contributed by atoms with van der Waals surface area (Å²) in [6, 6.07) is 5.12. The first kappa shape index (κ1) is 119. The Hall–Kier alpha value is -8.16. The molecule has 6 heterocycles. The standard InChI is InChI=1S/C18H33N3O2.2C17H31N3O2.2C16H29N3O2.C15H27N3O2/c1-9-12-18(7,21(8)11-3)17(5,6)19-16(22)15-13(4)14(10-2)23-20-15;1-9-13-12(4)14(19-22-13)15(21)18-16(5,6)17(7,10-2)20(8)11-3;1-8-11-17(6,20(7)10-3)16(4,5)18-15(21)14-12-13(9-2)22-19-14;1-9-12-11(3)13(18-21-12)14(20)17-15(4,5)16(6,7)19(8)10-2;1-8-12-11-13(18-21-12)14(20)17-15(4,5)16(6,9-2)19(7)10-3;1-8-11-10-12(17-20-11)13(19)16-14(3,4)15(5,6)18(7)9-2/h9-12H2,1-8H3,(H,19,22);9-11H2,1-8H3,(H,18,21);12H,8-11H2,1-7H3,(H,18,21);9-10H2,1-8H3,(H,17,20);11H,8-10H2,1-7H3,(H,17,20);10H,8-9H2,1-7H3,(H,16,19). The fraction of sp³-hybridized carbons (Fsp3) is 0.758. The van der Waals surface area contributed by atoms with Crippen LogP contribution in [0.4, 0.5) is 0 Å². The highest BCUT2D eigenvalue weighted by Crippen LogP contribution is 2.38. The number of carbonyl (C=O) groups excluding carboxylic acids is 6. The Kier molecular flexibility index (Phi) is 46.1. The number of likely N-dealkylation sites (N-methyl/N-ethyl adjacent to an activating group) is 6. The molecule has 0 spiro atoms. The molecule has 6 rings (SSSR count). The molecule has 30 heteroatoms. The van der Waals surface area contributed by atoms with Gasteiger partial charge in [0.1, 0.15) is 34.6 Å². The smallest absolute Gasteiger partial charge is 0.274 e. The summed E-state index contributed by atoms with van der Waals surface area (Å²) in [6.07, 6.45) is 10.4. The van der Waals surface area contributed by atoms with Gasteiger partial charge in [-0.15, -0.1) is 0 Å². The van der Waals surface area contributed by atoms with E-state index in [9.17, 15) is 28.8 Å². The monoisotopic (exact) mass is 1810 g/mol. The van der Waals surface area contributed by atoms with Gasteiger partial charge in [0.05, 0.1) is 33.2 Å². The van der Waals surface area contributed by atoms with Crippen LogP contribution < -0.4 is 31.9 Å². The lowest BCUT2D eigenvalue weighted by atomic mass is 9.76. The number of nitrogens with one attached hydrogen (secondary N) is 6. The van der Waals surface area contributed by atoms with Crippen molar-refractivity contribution in [2.24, 2.45) is 0 Å². The van der Waals surface area contributed by atoms with Gasteiger partial charge >= 0.3 is 0 Å². The van der Waals surface area contributed by atoms with Crippen LogP contribution in [0.15, 0.2) is 45.3 Å². The van der Waals surface area contributed by atoms with Crippen LogP contribution in [0.1, 0.15) is 402 Å². The van der Waals surface area contributed by atoms with Crippen LogP contribution in [-0.4, -0.2) is 244 Å². The predicted octanol–water partition coefficient (Wildman–Crippen LogP) is 18.1. The van der Waals surface area contributed by atoms with Gasteiger partial charge < -0.3 is 59.0 Å². The molecule has 0 aliphatic heterocycles. The van der Waals surface area contributed by atoms with Crippen molar-refractivity contribution in [2.75, 3.05) is 81.6 Å². The van der Waals surface area contributed by atoms with Gasteiger partial charge in [0.2, 0.25) is 0 Å². The van der Waals surface area contributed by atoms with Crippen LogP contribution >= 0.6 is 0 Å². The van der Waals surface area contributed by atoms with Gasteiger partial charge in [-0.3, -0.25) is 58.2 Å². The molecule has 738 valence electrons. The minimum Gasteiger partial charge on any atom is -0.361 e. The van der Waals surface area contributed by atoms with Crippen LogP contribution in [0.3, 0.4) is 0 Å². The molecule has 0 radical (unpaired) electrons. The first-order chi connectivity index (χ1) is 59.4. The Bertz CT molecular complexity index is 4420. The largest absolute Gasteiger partial charge is 0.361 e. The molecule has 6 aromatic heterocycles. The summed E-state index contributed by atoms with van der Waals surface area (Å²) >= 11 is 0. The van der Waals surface area contributed by atoms with Crippen molar-refractivity contribution in [3.05, 3.63) is 104 Å². The fourth-order valence-electron chi connectivity index (χ4n) is 15.9. The zero-order valence-corrected chi connectivity index (χ0v) is 89.2. The molecular weight excluding hydrogens is 1630 g/mol. The summed E-state index contributed by atoms with van der Waals surface area (Å²) < 4.78 is 31.0.